The molecule has 0 unspecified atom stereocenters. The van der Waals surface area contributed by atoms with Crippen LogP contribution in [0.3, 0.4) is 0 Å². The second kappa shape index (κ2) is 10.7. The second-order valence-corrected chi connectivity index (χ2v) is 8.80. The first-order valence-electron chi connectivity index (χ1n) is 9.87. The highest BCUT2D eigenvalue weighted by atomic mass is 32.2. The minimum Gasteiger partial charge on any atom is -0.450 e. The van der Waals surface area contributed by atoms with E-state index in [0.29, 0.717) is 57.8 Å². The Morgan fingerprint density at radius 2 is 1.81 bits per heavy atom. The zero-order valence-corrected chi connectivity index (χ0v) is 17.3. The van der Waals surface area contributed by atoms with Crippen LogP contribution in [0.15, 0.2) is 4.99 Å². The molecule has 2 N–H and O–H groups in total. The average Bonchev–Trinajstić information content (AvgIpc) is 2.60. The van der Waals surface area contributed by atoms with Crippen LogP contribution in [-0.2, 0) is 14.8 Å². The molecule has 9 nitrogen and oxygen atoms in total. The third-order valence-corrected chi connectivity index (χ3v) is 6.20. The molecule has 1 heterocycles. The van der Waals surface area contributed by atoms with Gasteiger partial charge in [0, 0.05) is 39.3 Å². The van der Waals surface area contributed by atoms with Gasteiger partial charge in [0.2, 0.25) is 10.0 Å². The normalized spacial score (nSPS) is 19.0. The van der Waals surface area contributed by atoms with Crippen LogP contribution in [0.5, 0.6) is 0 Å². The molecule has 1 amide bonds. The smallest absolute Gasteiger partial charge is 0.409 e. The van der Waals surface area contributed by atoms with E-state index in [1.54, 1.807) is 11.8 Å². The van der Waals surface area contributed by atoms with E-state index in [9.17, 15) is 13.2 Å². The number of carbonyl (C=O) groups excluding carboxylic acids is 1. The van der Waals surface area contributed by atoms with E-state index in [0.717, 1.165) is 12.8 Å². The van der Waals surface area contributed by atoms with E-state index in [-0.39, 0.29) is 18.4 Å². The molecule has 1 saturated carbocycles. The number of hydrogen-bond donors (Lipinski definition) is 2. The van der Waals surface area contributed by atoms with Crippen molar-refractivity contribution in [2.45, 2.75) is 33.1 Å². The van der Waals surface area contributed by atoms with Crippen LogP contribution in [0, 0.1) is 5.92 Å². The fourth-order valence-corrected chi connectivity index (χ4v) is 3.99. The van der Waals surface area contributed by atoms with Crippen molar-refractivity contribution >= 4 is 22.1 Å². The summed E-state index contributed by atoms with van der Waals surface area (Å²) in [4.78, 5) is 20.0. The molecule has 2 aliphatic rings. The van der Waals surface area contributed by atoms with Crippen LogP contribution in [0.1, 0.15) is 33.1 Å². The van der Waals surface area contributed by atoms with Crippen molar-refractivity contribution in [2.75, 3.05) is 58.2 Å². The highest BCUT2D eigenvalue weighted by Crippen LogP contribution is 2.25. The number of guanidine groups is 1. The van der Waals surface area contributed by atoms with Crippen molar-refractivity contribution in [3.8, 4) is 0 Å². The summed E-state index contributed by atoms with van der Waals surface area (Å²) in [6.07, 6.45) is 3.14. The second-order valence-electron chi connectivity index (χ2n) is 6.87. The van der Waals surface area contributed by atoms with Gasteiger partial charge in [0.1, 0.15) is 0 Å². The summed E-state index contributed by atoms with van der Waals surface area (Å²) < 4.78 is 31.9. The highest BCUT2D eigenvalue weighted by Gasteiger charge is 2.24. The van der Waals surface area contributed by atoms with Crippen LogP contribution < -0.4 is 10.0 Å². The van der Waals surface area contributed by atoms with Gasteiger partial charge in [-0.15, -0.1) is 0 Å². The Morgan fingerprint density at radius 3 is 2.37 bits per heavy atom. The highest BCUT2D eigenvalue weighted by molar-refractivity contribution is 7.89. The number of amides is 1. The quantitative estimate of drug-likeness (QED) is 0.450. The summed E-state index contributed by atoms with van der Waals surface area (Å²) in [7, 11) is -3.29. The summed E-state index contributed by atoms with van der Waals surface area (Å²) in [5.41, 5.74) is 0. The number of piperazine rings is 1. The molecule has 156 valence electrons. The minimum atomic E-state index is -3.29. The zero-order chi connectivity index (χ0) is 19.7. The maximum Gasteiger partial charge on any atom is 0.409 e. The van der Waals surface area contributed by atoms with Crippen molar-refractivity contribution in [3.05, 3.63) is 0 Å². The maximum absolute atomic E-state index is 12.1. The molecule has 0 spiro atoms. The Morgan fingerprint density at radius 1 is 1.15 bits per heavy atom. The number of hydrogen-bond acceptors (Lipinski definition) is 5. The van der Waals surface area contributed by atoms with Gasteiger partial charge in [-0.05, 0) is 32.6 Å². The first-order valence-corrected chi connectivity index (χ1v) is 11.5. The van der Waals surface area contributed by atoms with E-state index < -0.39 is 10.0 Å². The number of sulfonamides is 1. The topological polar surface area (TPSA) is 103 Å². The van der Waals surface area contributed by atoms with E-state index >= 15 is 0 Å². The van der Waals surface area contributed by atoms with E-state index in [1.807, 2.05) is 11.8 Å². The van der Waals surface area contributed by atoms with E-state index in [2.05, 4.69) is 15.0 Å². The molecule has 2 fully saturated rings. The standard InChI is InChI=1S/C17H33N5O4S/c1-3-18-16(21-9-11-22(12-10-21)17(23)26-4-2)19-8-13-27(24,25)20-14-15-6-5-7-15/h15,20H,3-14H2,1-2H3,(H,18,19). The molecule has 1 aliphatic carbocycles. The molecule has 1 aliphatic heterocycles. The third kappa shape index (κ3) is 7.17. The van der Waals surface area contributed by atoms with Gasteiger partial charge in [-0.3, -0.25) is 4.99 Å². The predicted molar refractivity (Wildman–Crippen MR) is 105 cm³/mol. The van der Waals surface area contributed by atoms with Crippen molar-refractivity contribution in [1.82, 2.24) is 19.8 Å². The molecule has 10 heteroatoms. The number of aliphatic imine (C=N–C) groups is 1. The van der Waals surface area contributed by atoms with Gasteiger partial charge >= 0.3 is 6.09 Å². The van der Waals surface area contributed by atoms with Crippen molar-refractivity contribution < 1.29 is 17.9 Å². The number of nitrogens with zero attached hydrogens (tertiary/aromatic N) is 3. The van der Waals surface area contributed by atoms with Gasteiger partial charge in [-0.25, -0.2) is 17.9 Å². The molecule has 0 aromatic heterocycles. The lowest BCUT2D eigenvalue weighted by Gasteiger charge is -2.35. The van der Waals surface area contributed by atoms with Crippen LogP contribution in [0.4, 0.5) is 4.79 Å². The van der Waals surface area contributed by atoms with Gasteiger partial charge in [0.05, 0.1) is 18.9 Å². The van der Waals surface area contributed by atoms with Crippen LogP contribution in [-0.4, -0.2) is 88.4 Å². The summed E-state index contributed by atoms with van der Waals surface area (Å²) >= 11 is 0. The molecule has 2 rings (SSSR count). The monoisotopic (exact) mass is 403 g/mol. The van der Waals surface area contributed by atoms with Crippen LogP contribution >= 0.6 is 0 Å². The molecule has 0 aromatic carbocycles. The number of rotatable bonds is 8. The molecule has 0 aromatic rings. The summed E-state index contributed by atoms with van der Waals surface area (Å²) in [6, 6.07) is 0. The van der Waals surface area contributed by atoms with Gasteiger partial charge in [-0.1, -0.05) is 6.42 Å². The van der Waals surface area contributed by atoms with E-state index in [1.165, 1.54) is 6.42 Å². The molecule has 0 atom stereocenters. The number of ether oxygens (including phenoxy) is 1. The van der Waals surface area contributed by atoms with Crippen molar-refractivity contribution in [3.63, 3.8) is 0 Å². The average molecular weight is 404 g/mol. The Kier molecular flexibility index (Phi) is 8.62. The third-order valence-electron chi connectivity index (χ3n) is 4.88. The Balaban J connectivity index is 1.80. The minimum absolute atomic E-state index is 0.0165. The van der Waals surface area contributed by atoms with E-state index in [4.69, 9.17) is 4.74 Å². The fourth-order valence-electron chi connectivity index (χ4n) is 3.03. The maximum atomic E-state index is 12.1. The Hall–Kier alpha value is -1.55. The lowest BCUT2D eigenvalue weighted by molar-refractivity contribution is 0.0914. The van der Waals surface area contributed by atoms with Gasteiger partial charge in [0.25, 0.3) is 0 Å². The fraction of sp³-hybridized carbons (Fsp3) is 0.882. The summed E-state index contributed by atoms with van der Waals surface area (Å²) in [5, 5.41) is 3.20. The SMILES string of the molecule is CCNC(=NCCS(=O)(=O)NCC1CCC1)N1CCN(C(=O)OCC)CC1. The molecular formula is C17H33N5O4S. The first kappa shape index (κ1) is 21.7. The Labute approximate surface area is 162 Å². The zero-order valence-electron chi connectivity index (χ0n) is 16.4. The van der Waals surface area contributed by atoms with Gasteiger partial charge < -0.3 is 19.9 Å². The van der Waals surface area contributed by atoms with Crippen LogP contribution in [0.2, 0.25) is 0 Å². The molecule has 0 bridgehead atoms. The van der Waals surface area contributed by atoms with Crippen LogP contribution in [0.25, 0.3) is 0 Å². The predicted octanol–water partition coefficient (Wildman–Crippen LogP) is 0.446. The molecule has 1 saturated heterocycles. The Bertz CT molecular complexity index is 598. The van der Waals surface area contributed by atoms with Gasteiger partial charge in [-0.2, -0.15) is 0 Å². The first-order chi connectivity index (χ1) is 12.9. The molecular weight excluding hydrogens is 370 g/mol. The summed E-state index contributed by atoms with van der Waals surface area (Å²) in [5.74, 6) is 1.17. The van der Waals surface area contributed by atoms with Gasteiger partial charge in [0.15, 0.2) is 5.96 Å². The summed E-state index contributed by atoms with van der Waals surface area (Å²) in [6.45, 7) is 7.97. The molecule has 27 heavy (non-hydrogen) atoms. The largest absolute Gasteiger partial charge is 0.450 e. The number of nitrogens with one attached hydrogen (secondary N) is 2. The lowest BCUT2D eigenvalue weighted by Crippen LogP contribution is -2.54. The molecule has 0 radical (unpaired) electrons. The number of carbonyl (C=O) groups is 1. The van der Waals surface area contributed by atoms with Crippen molar-refractivity contribution in [1.29, 1.82) is 0 Å². The lowest BCUT2D eigenvalue weighted by atomic mass is 9.86. The van der Waals surface area contributed by atoms with Crippen molar-refractivity contribution in [2.24, 2.45) is 10.9 Å².